The van der Waals surface area contributed by atoms with Crippen LogP contribution in [0, 0.1) is 23.7 Å². The van der Waals surface area contributed by atoms with E-state index in [1.807, 2.05) is 43.3 Å². The molecule has 1 saturated carbocycles. The van der Waals surface area contributed by atoms with E-state index in [4.69, 9.17) is 9.47 Å². The zero-order valence-corrected chi connectivity index (χ0v) is 19.2. The lowest BCUT2D eigenvalue weighted by Crippen LogP contribution is -2.28. The number of allylic oxidation sites excluding steroid dienone is 2. The zero-order valence-electron chi connectivity index (χ0n) is 17.6. The number of benzene rings is 2. The van der Waals surface area contributed by atoms with Crippen LogP contribution in [-0.4, -0.2) is 29.6 Å². The number of nitrogens with zero attached hydrogens (tertiary/aromatic N) is 2. The molecular weight excluding hydrogens is 472 g/mol. The molecule has 32 heavy (non-hydrogen) atoms. The molecule has 0 unspecified atom stereocenters. The summed E-state index contributed by atoms with van der Waals surface area (Å²) in [6.07, 6.45) is 6.59. The predicted molar refractivity (Wildman–Crippen MR) is 123 cm³/mol. The first-order valence-electron chi connectivity index (χ1n) is 10.8. The Morgan fingerprint density at radius 2 is 1.69 bits per heavy atom. The first-order chi connectivity index (χ1) is 15.5. The van der Waals surface area contributed by atoms with Crippen LogP contribution in [0.15, 0.2) is 64.2 Å². The number of rotatable bonds is 7. The monoisotopic (exact) mass is 494 g/mol. The largest absolute Gasteiger partial charge is 0.490 e. The maximum absolute atomic E-state index is 12.8. The standard InChI is InChI=1S/C25H23BrN2O4/c1-2-31-21-11-16(5-10-20(21)32-14-15-3-8-19(26)9-4-15)13-27-28-24(29)22-17-6-7-18(12-17)23(22)25(28)30/h3-11,13,17-18,22-23H,2,12,14H2,1H3/b27-13-/t17-,18-,22+,23+/m0/s1. The number of hydrazone groups is 1. The van der Waals surface area contributed by atoms with Gasteiger partial charge in [0.15, 0.2) is 11.5 Å². The van der Waals surface area contributed by atoms with Crippen LogP contribution in [0.3, 0.4) is 0 Å². The second-order valence-electron chi connectivity index (χ2n) is 8.29. The molecule has 1 aliphatic heterocycles. The molecule has 2 aliphatic carbocycles. The molecule has 1 saturated heterocycles. The van der Waals surface area contributed by atoms with Gasteiger partial charge in [0.2, 0.25) is 0 Å². The molecule has 0 aromatic heterocycles. The van der Waals surface area contributed by atoms with Crippen LogP contribution in [0.1, 0.15) is 24.5 Å². The number of ether oxygens (including phenoxy) is 2. The van der Waals surface area contributed by atoms with Crippen molar-refractivity contribution < 1.29 is 19.1 Å². The van der Waals surface area contributed by atoms with Crippen molar-refractivity contribution in [3.8, 4) is 11.5 Å². The summed E-state index contributed by atoms with van der Waals surface area (Å²) in [7, 11) is 0. The Bertz CT molecular complexity index is 1080. The number of amides is 2. The molecule has 2 bridgehead atoms. The van der Waals surface area contributed by atoms with Gasteiger partial charge < -0.3 is 9.47 Å². The minimum absolute atomic E-state index is 0.174. The van der Waals surface area contributed by atoms with Crippen molar-refractivity contribution >= 4 is 34.0 Å². The van der Waals surface area contributed by atoms with Crippen LogP contribution < -0.4 is 9.47 Å². The Morgan fingerprint density at radius 3 is 2.34 bits per heavy atom. The van der Waals surface area contributed by atoms with Crippen molar-refractivity contribution in [3.63, 3.8) is 0 Å². The van der Waals surface area contributed by atoms with Crippen molar-refractivity contribution in [2.24, 2.45) is 28.8 Å². The third kappa shape index (κ3) is 3.75. The highest BCUT2D eigenvalue weighted by Crippen LogP contribution is 2.52. The number of halogens is 1. The molecule has 2 fully saturated rings. The van der Waals surface area contributed by atoms with Gasteiger partial charge in [-0.2, -0.15) is 10.1 Å². The molecule has 1 heterocycles. The lowest BCUT2D eigenvalue weighted by atomic mass is 9.85. The molecule has 7 heteroatoms. The summed E-state index contributed by atoms with van der Waals surface area (Å²) in [4.78, 5) is 25.6. The first-order valence-corrected chi connectivity index (χ1v) is 11.6. The summed E-state index contributed by atoms with van der Waals surface area (Å²) >= 11 is 3.43. The first kappa shape index (κ1) is 20.9. The third-order valence-corrected chi connectivity index (χ3v) is 6.87. The topological polar surface area (TPSA) is 68.2 Å². The van der Waals surface area contributed by atoms with Crippen LogP contribution in [0.2, 0.25) is 0 Å². The maximum atomic E-state index is 12.8. The summed E-state index contributed by atoms with van der Waals surface area (Å²) in [6, 6.07) is 13.4. The molecule has 3 aliphatic rings. The number of hydrogen-bond acceptors (Lipinski definition) is 5. The Kier molecular flexibility index (Phi) is 5.59. The minimum Gasteiger partial charge on any atom is -0.490 e. The minimum atomic E-state index is -0.247. The van der Waals surface area contributed by atoms with E-state index in [0.29, 0.717) is 24.7 Å². The van der Waals surface area contributed by atoms with Gasteiger partial charge in [0.25, 0.3) is 11.8 Å². The number of carbonyl (C=O) groups is 2. The molecule has 164 valence electrons. The number of hydrogen-bond donors (Lipinski definition) is 0. The van der Waals surface area contributed by atoms with Crippen molar-refractivity contribution in [3.05, 3.63) is 70.2 Å². The molecule has 2 aromatic rings. The second-order valence-corrected chi connectivity index (χ2v) is 9.20. The van der Waals surface area contributed by atoms with Gasteiger partial charge in [-0.05, 0) is 66.6 Å². The van der Waals surface area contributed by atoms with E-state index in [9.17, 15) is 9.59 Å². The van der Waals surface area contributed by atoms with Crippen molar-refractivity contribution in [1.82, 2.24) is 5.01 Å². The van der Waals surface area contributed by atoms with Gasteiger partial charge in [0.1, 0.15) is 6.61 Å². The van der Waals surface area contributed by atoms with Crippen molar-refractivity contribution in [2.45, 2.75) is 20.0 Å². The van der Waals surface area contributed by atoms with Crippen LogP contribution in [0.5, 0.6) is 11.5 Å². The quantitative estimate of drug-likeness (QED) is 0.321. The highest BCUT2D eigenvalue weighted by Gasteiger charge is 2.59. The van der Waals surface area contributed by atoms with Gasteiger partial charge in [0.05, 0.1) is 24.7 Å². The Morgan fingerprint density at radius 1 is 1.00 bits per heavy atom. The number of carbonyl (C=O) groups excluding carboxylic acids is 2. The maximum Gasteiger partial charge on any atom is 0.254 e. The molecule has 5 rings (SSSR count). The van der Waals surface area contributed by atoms with Crippen molar-refractivity contribution in [2.75, 3.05) is 6.61 Å². The van der Waals surface area contributed by atoms with E-state index in [0.717, 1.165) is 27.0 Å². The Hall–Kier alpha value is -2.93. The second kappa shape index (κ2) is 8.54. The normalized spacial score (nSPS) is 25.8. The summed E-state index contributed by atoms with van der Waals surface area (Å²) in [5.74, 6) is 0.692. The lowest BCUT2D eigenvalue weighted by molar-refractivity contribution is -0.140. The fourth-order valence-corrected chi connectivity index (χ4v) is 5.12. The molecule has 4 atom stereocenters. The van der Waals surface area contributed by atoms with Crippen LogP contribution in [-0.2, 0) is 16.2 Å². The summed E-state index contributed by atoms with van der Waals surface area (Å²) < 4.78 is 12.7. The number of imide groups is 1. The van der Waals surface area contributed by atoms with E-state index in [1.54, 1.807) is 6.07 Å². The van der Waals surface area contributed by atoms with Crippen molar-refractivity contribution in [1.29, 1.82) is 0 Å². The highest BCUT2D eigenvalue weighted by atomic mass is 79.9. The summed E-state index contributed by atoms with van der Waals surface area (Å²) in [5, 5.41) is 5.30. The molecule has 0 N–H and O–H groups in total. The lowest BCUT2D eigenvalue weighted by Gasteiger charge is -2.13. The smallest absolute Gasteiger partial charge is 0.254 e. The molecule has 6 nitrogen and oxygen atoms in total. The van der Waals surface area contributed by atoms with Crippen LogP contribution in [0.25, 0.3) is 0 Å². The summed E-state index contributed by atoms with van der Waals surface area (Å²) in [5.41, 5.74) is 1.77. The van der Waals surface area contributed by atoms with Crippen LogP contribution >= 0.6 is 15.9 Å². The third-order valence-electron chi connectivity index (χ3n) is 6.34. The van der Waals surface area contributed by atoms with Crippen LogP contribution in [0.4, 0.5) is 0 Å². The van der Waals surface area contributed by atoms with E-state index in [2.05, 4.69) is 33.2 Å². The molecule has 2 amide bonds. The average Bonchev–Trinajstić information content (AvgIpc) is 3.47. The van der Waals surface area contributed by atoms with E-state index >= 15 is 0 Å². The van der Waals surface area contributed by atoms with Gasteiger partial charge in [-0.3, -0.25) is 9.59 Å². The van der Waals surface area contributed by atoms with E-state index < -0.39 is 0 Å². The summed E-state index contributed by atoms with van der Waals surface area (Å²) in [6.45, 7) is 2.80. The molecule has 2 aromatic carbocycles. The van der Waals surface area contributed by atoms with Gasteiger partial charge in [-0.1, -0.05) is 40.2 Å². The van der Waals surface area contributed by atoms with Gasteiger partial charge >= 0.3 is 0 Å². The van der Waals surface area contributed by atoms with Gasteiger partial charge in [-0.25, -0.2) is 0 Å². The Labute approximate surface area is 195 Å². The van der Waals surface area contributed by atoms with E-state index in [1.165, 1.54) is 6.21 Å². The molecule has 0 radical (unpaired) electrons. The average molecular weight is 495 g/mol. The Balaban J connectivity index is 1.30. The van der Waals surface area contributed by atoms with E-state index in [-0.39, 0.29) is 35.5 Å². The SMILES string of the molecule is CCOc1cc(/C=N\N2C(=O)[C@H]3[C@H](C2=O)[C@H]2C=C[C@H]3C2)ccc1OCc1ccc(Br)cc1. The molecule has 0 spiro atoms. The fraction of sp³-hybridized carbons (Fsp3) is 0.320. The fourth-order valence-electron chi connectivity index (χ4n) is 4.86. The van der Waals surface area contributed by atoms with Gasteiger partial charge in [0, 0.05) is 4.47 Å². The molecular formula is C25H23BrN2O4. The highest BCUT2D eigenvalue weighted by molar-refractivity contribution is 9.10. The number of fused-ring (bicyclic) bond motifs is 5. The van der Waals surface area contributed by atoms with Gasteiger partial charge in [-0.15, -0.1) is 0 Å². The zero-order chi connectivity index (χ0) is 22.2. The predicted octanol–water partition coefficient (Wildman–Crippen LogP) is 4.57.